The van der Waals surface area contributed by atoms with Crippen LogP contribution in [0.2, 0.25) is 0 Å². The number of H-pyrrole nitrogens is 1. The van der Waals surface area contributed by atoms with Gasteiger partial charge in [-0.25, -0.2) is 9.89 Å². The van der Waals surface area contributed by atoms with Crippen LogP contribution in [-0.4, -0.2) is 34.7 Å². The van der Waals surface area contributed by atoms with Crippen molar-refractivity contribution in [2.24, 2.45) is 5.92 Å². The molecule has 3 heterocycles. The molecule has 8 nitrogen and oxygen atoms in total. The van der Waals surface area contributed by atoms with E-state index in [-0.39, 0.29) is 11.7 Å². The highest BCUT2D eigenvalue weighted by Gasteiger charge is 2.25. The van der Waals surface area contributed by atoms with Crippen molar-refractivity contribution in [3.63, 3.8) is 0 Å². The summed E-state index contributed by atoms with van der Waals surface area (Å²) in [5, 5.41) is 14.5. The fourth-order valence-electron chi connectivity index (χ4n) is 5.58. The van der Waals surface area contributed by atoms with Gasteiger partial charge in [0.05, 0.1) is 6.54 Å². The molecule has 1 fully saturated rings. The maximum Gasteiger partial charge on any atom is 0.328 e. The molecule has 0 amide bonds. The summed E-state index contributed by atoms with van der Waals surface area (Å²) < 4.78 is 4.03. The van der Waals surface area contributed by atoms with Crippen LogP contribution in [0.3, 0.4) is 0 Å². The van der Waals surface area contributed by atoms with E-state index in [1.165, 1.54) is 25.7 Å². The standard InChI is InChI=1S/C28H35N7O/c1-3-4-11-22-19-35(26-14-7-5-6-10-20(26)2)28(36)34(22)18-21-17-29-16-15-23(21)24-12-8-9-13-25(24)27-30-32-33-31-27/h8-9,12-13,15-17,19-20,26H,3-7,10-11,14,18H2,1-2H3,(H,30,31,32,33). The zero-order chi connectivity index (χ0) is 24.9. The predicted octanol–water partition coefficient (Wildman–Crippen LogP) is 5.42. The van der Waals surface area contributed by atoms with E-state index >= 15 is 0 Å². The molecule has 8 heteroatoms. The Labute approximate surface area is 211 Å². The summed E-state index contributed by atoms with van der Waals surface area (Å²) in [4.78, 5) is 18.3. The molecule has 1 N–H and O–H groups in total. The monoisotopic (exact) mass is 485 g/mol. The first-order chi connectivity index (χ1) is 17.7. The van der Waals surface area contributed by atoms with E-state index in [1.54, 1.807) is 6.20 Å². The van der Waals surface area contributed by atoms with Crippen molar-refractivity contribution in [1.82, 2.24) is 34.7 Å². The van der Waals surface area contributed by atoms with Gasteiger partial charge in [0.15, 0.2) is 5.82 Å². The molecule has 0 radical (unpaired) electrons. The number of aromatic amines is 1. The summed E-state index contributed by atoms with van der Waals surface area (Å²) in [6.45, 7) is 4.99. The molecule has 36 heavy (non-hydrogen) atoms. The third-order valence-electron chi connectivity index (χ3n) is 7.60. The van der Waals surface area contributed by atoms with Crippen LogP contribution in [0.25, 0.3) is 22.5 Å². The fourth-order valence-corrected chi connectivity index (χ4v) is 5.58. The van der Waals surface area contributed by atoms with Crippen LogP contribution in [-0.2, 0) is 13.0 Å². The Morgan fingerprint density at radius 1 is 1.06 bits per heavy atom. The quantitative estimate of drug-likeness (QED) is 0.336. The minimum absolute atomic E-state index is 0.0994. The van der Waals surface area contributed by atoms with Gasteiger partial charge in [0, 0.05) is 35.9 Å². The molecule has 5 rings (SSSR count). The number of aromatic nitrogens is 7. The maximum absolute atomic E-state index is 13.9. The van der Waals surface area contributed by atoms with Gasteiger partial charge in [-0.2, -0.15) is 0 Å². The third-order valence-corrected chi connectivity index (χ3v) is 7.60. The lowest BCUT2D eigenvalue weighted by atomic mass is 9.96. The zero-order valence-corrected chi connectivity index (χ0v) is 21.2. The molecule has 0 saturated heterocycles. The van der Waals surface area contributed by atoms with Crippen LogP contribution in [0.15, 0.2) is 53.7 Å². The van der Waals surface area contributed by atoms with Crippen molar-refractivity contribution in [1.29, 1.82) is 0 Å². The summed E-state index contributed by atoms with van der Waals surface area (Å²) in [7, 11) is 0. The molecule has 188 valence electrons. The highest BCUT2D eigenvalue weighted by atomic mass is 16.1. The Balaban J connectivity index is 1.56. The van der Waals surface area contributed by atoms with E-state index in [9.17, 15) is 4.79 Å². The molecule has 1 aliphatic rings. The van der Waals surface area contributed by atoms with Crippen LogP contribution in [0, 0.1) is 5.92 Å². The molecule has 1 saturated carbocycles. The molecule has 4 aromatic rings. The van der Waals surface area contributed by atoms with Crippen molar-refractivity contribution >= 4 is 0 Å². The fraction of sp³-hybridized carbons (Fsp3) is 0.464. The smallest absolute Gasteiger partial charge is 0.296 e. The first-order valence-corrected chi connectivity index (χ1v) is 13.2. The van der Waals surface area contributed by atoms with Gasteiger partial charge in [-0.05, 0) is 64.8 Å². The highest BCUT2D eigenvalue weighted by Crippen LogP contribution is 2.34. The van der Waals surface area contributed by atoms with Crippen molar-refractivity contribution in [3.8, 4) is 22.5 Å². The Bertz CT molecular complexity index is 1340. The number of unbranched alkanes of at least 4 members (excludes halogenated alkanes) is 1. The average Bonchev–Trinajstić information content (AvgIpc) is 3.48. The SMILES string of the molecule is CCCCc1cn(C2CCCCCC2C)c(=O)n1Cc1cnccc1-c1ccccc1-c1nnn[nH]1. The van der Waals surface area contributed by atoms with Crippen molar-refractivity contribution in [2.45, 2.75) is 77.8 Å². The lowest BCUT2D eigenvalue weighted by molar-refractivity contribution is 0.324. The lowest BCUT2D eigenvalue weighted by Gasteiger charge is -2.22. The number of aryl methyl sites for hydroxylation is 1. The predicted molar refractivity (Wildman–Crippen MR) is 141 cm³/mol. The number of pyridine rings is 1. The number of imidazole rings is 1. The molecule has 0 spiro atoms. The maximum atomic E-state index is 13.9. The Morgan fingerprint density at radius 3 is 2.69 bits per heavy atom. The number of hydrogen-bond donors (Lipinski definition) is 1. The third kappa shape index (κ3) is 4.90. The minimum Gasteiger partial charge on any atom is -0.296 e. The summed E-state index contributed by atoms with van der Waals surface area (Å²) in [5.41, 5.74) is 5.17. The Hall–Kier alpha value is -3.55. The van der Waals surface area contributed by atoms with Crippen molar-refractivity contribution in [2.75, 3.05) is 0 Å². The second kappa shape index (κ2) is 11.0. The van der Waals surface area contributed by atoms with Crippen LogP contribution < -0.4 is 5.69 Å². The second-order valence-corrected chi connectivity index (χ2v) is 10.0. The normalized spacial score (nSPS) is 18.3. The number of benzene rings is 1. The van der Waals surface area contributed by atoms with E-state index in [0.717, 1.165) is 53.6 Å². The van der Waals surface area contributed by atoms with Crippen LogP contribution in [0.5, 0.6) is 0 Å². The largest absolute Gasteiger partial charge is 0.328 e. The van der Waals surface area contributed by atoms with Crippen LogP contribution in [0.4, 0.5) is 0 Å². The molecule has 0 aliphatic heterocycles. The zero-order valence-electron chi connectivity index (χ0n) is 21.2. The highest BCUT2D eigenvalue weighted by molar-refractivity contribution is 5.81. The summed E-state index contributed by atoms with van der Waals surface area (Å²) >= 11 is 0. The van der Waals surface area contributed by atoms with Crippen LogP contribution >= 0.6 is 0 Å². The number of hydrogen-bond acceptors (Lipinski definition) is 5. The van der Waals surface area contributed by atoms with E-state index in [2.05, 4.69) is 51.7 Å². The first-order valence-electron chi connectivity index (χ1n) is 13.2. The molecule has 2 unspecified atom stereocenters. The van der Waals surface area contributed by atoms with Gasteiger partial charge >= 0.3 is 5.69 Å². The van der Waals surface area contributed by atoms with Gasteiger partial charge in [0.1, 0.15) is 0 Å². The number of nitrogens with zero attached hydrogens (tertiary/aromatic N) is 6. The topological polar surface area (TPSA) is 94.3 Å². The lowest BCUT2D eigenvalue weighted by Crippen LogP contribution is -2.30. The van der Waals surface area contributed by atoms with Gasteiger partial charge in [-0.3, -0.25) is 14.1 Å². The van der Waals surface area contributed by atoms with Gasteiger partial charge in [-0.1, -0.05) is 63.8 Å². The van der Waals surface area contributed by atoms with E-state index in [0.29, 0.717) is 18.3 Å². The molecular weight excluding hydrogens is 450 g/mol. The molecule has 1 aromatic carbocycles. The van der Waals surface area contributed by atoms with Crippen molar-refractivity contribution in [3.05, 3.63) is 70.7 Å². The van der Waals surface area contributed by atoms with Gasteiger partial charge < -0.3 is 0 Å². The van der Waals surface area contributed by atoms with E-state index in [1.807, 2.05) is 39.6 Å². The Morgan fingerprint density at radius 2 is 1.89 bits per heavy atom. The molecular formula is C28H35N7O. The summed E-state index contributed by atoms with van der Waals surface area (Å²) in [6.07, 6.45) is 14.9. The second-order valence-electron chi connectivity index (χ2n) is 10.0. The number of rotatable bonds is 8. The summed E-state index contributed by atoms with van der Waals surface area (Å²) in [5.74, 6) is 1.12. The summed E-state index contributed by atoms with van der Waals surface area (Å²) in [6, 6.07) is 10.3. The average molecular weight is 486 g/mol. The number of tetrazole rings is 1. The van der Waals surface area contributed by atoms with Gasteiger partial charge in [0.25, 0.3) is 0 Å². The molecule has 1 aliphatic carbocycles. The minimum atomic E-state index is 0.0994. The van der Waals surface area contributed by atoms with E-state index < -0.39 is 0 Å². The molecule has 3 aromatic heterocycles. The number of nitrogens with one attached hydrogen (secondary N) is 1. The first kappa shape index (κ1) is 24.2. The van der Waals surface area contributed by atoms with Crippen LogP contribution in [0.1, 0.15) is 76.1 Å². The molecule has 0 bridgehead atoms. The molecule has 2 atom stereocenters. The Kier molecular flexibility index (Phi) is 7.39. The van der Waals surface area contributed by atoms with Crippen molar-refractivity contribution < 1.29 is 0 Å². The van der Waals surface area contributed by atoms with Gasteiger partial charge in [-0.15, -0.1) is 5.10 Å². The van der Waals surface area contributed by atoms with Gasteiger partial charge in [0.2, 0.25) is 0 Å². The van der Waals surface area contributed by atoms with E-state index in [4.69, 9.17) is 0 Å².